The van der Waals surface area contributed by atoms with Gasteiger partial charge in [-0.3, -0.25) is 14.4 Å². The van der Waals surface area contributed by atoms with Gasteiger partial charge in [-0.25, -0.2) is 0 Å². The van der Waals surface area contributed by atoms with Crippen molar-refractivity contribution in [3.8, 4) is 0 Å². The van der Waals surface area contributed by atoms with E-state index < -0.39 is 6.10 Å². The molecule has 0 amide bonds. The molecule has 0 heterocycles. The summed E-state index contributed by atoms with van der Waals surface area (Å²) in [4.78, 5) is 38.2. The maximum absolute atomic E-state index is 12.9. The van der Waals surface area contributed by atoms with Gasteiger partial charge in [0.2, 0.25) is 0 Å². The van der Waals surface area contributed by atoms with E-state index in [4.69, 9.17) is 14.2 Å². The summed E-state index contributed by atoms with van der Waals surface area (Å²) in [7, 11) is 0. The third-order valence-corrected chi connectivity index (χ3v) is 12.5. The number of unbranched alkanes of at least 4 members (excludes halogenated alkanes) is 24. The molecule has 6 heteroatoms. The smallest absolute Gasteiger partial charge is 0.306 e. The minimum absolute atomic E-state index is 0.0897. The molecule has 0 radical (unpaired) electrons. The predicted molar refractivity (Wildman–Crippen MR) is 311 cm³/mol. The molecule has 0 aromatic rings. The SMILES string of the molecule is CC/C=C\C/C=C\C/C=C\C/C=C\C/C=C\CCCCCCCC(=O)OCC(COC(=O)CCCCCCCCCCCCCCCC)OC(=O)CCCCCCCC/C=C\C/C=C\C/C=C\C/C=C\CC. The van der Waals surface area contributed by atoms with Crippen LogP contribution in [0.5, 0.6) is 0 Å². The number of hydrogen-bond acceptors (Lipinski definition) is 6. The van der Waals surface area contributed by atoms with E-state index in [0.29, 0.717) is 19.3 Å². The first kappa shape index (κ1) is 68.1. The second-order valence-corrected chi connectivity index (χ2v) is 19.5. The number of hydrogen-bond donors (Lipinski definition) is 0. The Balaban J connectivity index is 4.45. The van der Waals surface area contributed by atoms with Crippen LogP contribution in [0.1, 0.15) is 271 Å². The van der Waals surface area contributed by atoms with E-state index in [-0.39, 0.29) is 31.1 Å². The highest BCUT2D eigenvalue weighted by Gasteiger charge is 2.19. The molecule has 0 N–H and O–H groups in total. The van der Waals surface area contributed by atoms with E-state index >= 15 is 0 Å². The lowest BCUT2D eigenvalue weighted by Crippen LogP contribution is -2.30. The number of allylic oxidation sites excluding steroid dienone is 18. The summed E-state index contributed by atoms with van der Waals surface area (Å²) in [5.41, 5.74) is 0. The van der Waals surface area contributed by atoms with Crippen molar-refractivity contribution in [2.24, 2.45) is 0 Å². The average molecular weight is 1000 g/mol. The summed E-state index contributed by atoms with van der Waals surface area (Å²) in [6.45, 7) is 6.40. The Kier molecular flexibility index (Phi) is 56.4. The first-order valence-electron chi connectivity index (χ1n) is 29.9. The Labute approximate surface area is 444 Å². The van der Waals surface area contributed by atoms with E-state index in [1.165, 1.54) is 83.5 Å². The Morgan fingerprint density at radius 3 is 0.847 bits per heavy atom. The monoisotopic (exact) mass is 999 g/mol. The molecule has 0 rings (SSSR count). The Morgan fingerprint density at radius 2 is 0.542 bits per heavy atom. The standard InChI is InChI=1S/C66H110O6/c1-4-7-10-13-16-19-22-25-28-30-32-33-35-36-38-41-44-47-50-53-56-59-65(68)71-62-63(61-70-64(67)58-55-52-49-46-43-40-27-24-21-18-15-12-9-6-3)72-66(69)60-57-54-51-48-45-42-39-37-34-31-29-26-23-20-17-14-11-8-5-2/h7-8,10-11,16-17,19-20,25-26,28-29,32-34,36-38,63H,4-6,9,12-15,18,21-24,27,30-31,35,39-62H2,1-3H3/b10-7-,11-8-,19-16-,20-17-,28-25-,29-26-,33-32-,37-34-,38-36-. The highest BCUT2D eigenvalue weighted by molar-refractivity contribution is 5.71. The van der Waals surface area contributed by atoms with Crippen LogP contribution in [-0.2, 0) is 28.6 Å². The van der Waals surface area contributed by atoms with Gasteiger partial charge in [-0.05, 0) is 103 Å². The van der Waals surface area contributed by atoms with Crippen LogP contribution in [0.3, 0.4) is 0 Å². The van der Waals surface area contributed by atoms with E-state index in [9.17, 15) is 14.4 Å². The molecule has 0 aliphatic heterocycles. The molecule has 0 aliphatic rings. The Bertz CT molecular complexity index is 1470. The fourth-order valence-corrected chi connectivity index (χ4v) is 8.11. The van der Waals surface area contributed by atoms with Crippen LogP contribution in [0, 0.1) is 0 Å². The first-order valence-corrected chi connectivity index (χ1v) is 29.9. The molecule has 0 saturated heterocycles. The summed E-state index contributed by atoms with van der Waals surface area (Å²) in [5, 5.41) is 0. The van der Waals surface area contributed by atoms with Crippen molar-refractivity contribution in [1.29, 1.82) is 0 Å². The van der Waals surface area contributed by atoms with Gasteiger partial charge < -0.3 is 14.2 Å². The lowest BCUT2D eigenvalue weighted by molar-refractivity contribution is -0.167. The second kappa shape index (κ2) is 59.6. The highest BCUT2D eigenvalue weighted by Crippen LogP contribution is 2.15. The molecule has 0 bridgehead atoms. The van der Waals surface area contributed by atoms with Gasteiger partial charge in [0.15, 0.2) is 6.10 Å². The second-order valence-electron chi connectivity index (χ2n) is 19.5. The molecule has 0 saturated carbocycles. The molecule has 0 spiro atoms. The van der Waals surface area contributed by atoms with E-state index in [0.717, 1.165) is 148 Å². The van der Waals surface area contributed by atoms with Gasteiger partial charge in [0, 0.05) is 19.3 Å². The van der Waals surface area contributed by atoms with Crippen LogP contribution in [0.2, 0.25) is 0 Å². The zero-order valence-electron chi connectivity index (χ0n) is 46.9. The lowest BCUT2D eigenvalue weighted by Gasteiger charge is -2.18. The largest absolute Gasteiger partial charge is 0.462 e. The topological polar surface area (TPSA) is 78.9 Å². The zero-order chi connectivity index (χ0) is 52.2. The van der Waals surface area contributed by atoms with Crippen molar-refractivity contribution in [2.75, 3.05) is 13.2 Å². The number of esters is 3. The fourth-order valence-electron chi connectivity index (χ4n) is 8.11. The third-order valence-electron chi connectivity index (χ3n) is 12.5. The Hall–Kier alpha value is -3.93. The maximum Gasteiger partial charge on any atom is 0.306 e. The van der Waals surface area contributed by atoms with Gasteiger partial charge in [0.1, 0.15) is 13.2 Å². The van der Waals surface area contributed by atoms with Crippen molar-refractivity contribution < 1.29 is 28.6 Å². The van der Waals surface area contributed by atoms with Crippen LogP contribution in [0.4, 0.5) is 0 Å². The van der Waals surface area contributed by atoms with Crippen LogP contribution in [0.25, 0.3) is 0 Å². The molecular formula is C66H110O6. The predicted octanol–water partition coefficient (Wildman–Crippen LogP) is 20.3. The summed E-state index contributed by atoms with van der Waals surface area (Å²) >= 11 is 0. The van der Waals surface area contributed by atoms with Crippen LogP contribution in [-0.4, -0.2) is 37.2 Å². The fraction of sp³-hybridized carbons (Fsp3) is 0.682. The quantitative estimate of drug-likeness (QED) is 0.0261. The molecule has 0 fully saturated rings. The molecule has 0 aromatic heterocycles. The van der Waals surface area contributed by atoms with Gasteiger partial charge in [0.05, 0.1) is 0 Å². The summed E-state index contributed by atoms with van der Waals surface area (Å²) in [6.07, 6.45) is 80.7. The number of ether oxygens (including phenoxy) is 3. The Morgan fingerprint density at radius 1 is 0.292 bits per heavy atom. The van der Waals surface area contributed by atoms with E-state index in [1.807, 2.05) is 0 Å². The van der Waals surface area contributed by atoms with Crippen molar-refractivity contribution in [2.45, 2.75) is 277 Å². The normalized spacial score (nSPS) is 12.9. The molecular weight excluding hydrogens is 889 g/mol. The van der Waals surface area contributed by atoms with E-state index in [2.05, 4.69) is 130 Å². The van der Waals surface area contributed by atoms with Crippen LogP contribution in [0.15, 0.2) is 109 Å². The minimum atomic E-state index is -0.795. The van der Waals surface area contributed by atoms with Gasteiger partial charge >= 0.3 is 17.9 Å². The number of carbonyl (C=O) groups excluding carboxylic acids is 3. The maximum atomic E-state index is 12.9. The zero-order valence-corrected chi connectivity index (χ0v) is 46.9. The van der Waals surface area contributed by atoms with Crippen LogP contribution >= 0.6 is 0 Å². The molecule has 410 valence electrons. The van der Waals surface area contributed by atoms with Gasteiger partial charge in [-0.2, -0.15) is 0 Å². The number of carbonyl (C=O) groups is 3. The third kappa shape index (κ3) is 57.0. The van der Waals surface area contributed by atoms with Gasteiger partial charge in [0.25, 0.3) is 0 Å². The van der Waals surface area contributed by atoms with Crippen molar-refractivity contribution in [3.63, 3.8) is 0 Å². The number of rotatable bonds is 53. The summed E-state index contributed by atoms with van der Waals surface area (Å²) < 4.78 is 16.9. The van der Waals surface area contributed by atoms with Gasteiger partial charge in [-0.1, -0.05) is 259 Å². The van der Waals surface area contributed by atoms with E-state index in [1.54, 1.807) is 0 Å². The molecule has 0 aromatic carbocycles. The molecule has 72 heavy (non-hydrogen) atoms. The first-order chi connectivity index (χ1) is 35.5. The van der Waals surface area contributed by atoms with Crippen molar-refractivity contribution in [1.82, 2.24) is 0 Å². The lowest BCUT2D eigenvalue weighted by atomic mass is 10.0. The van der Waals surface area contributed by atoms with Gasteiger partial charge in [-0.15, -0.1) is 0 Å². The molecule has 0 aliphatic carbocycles. The van der Waals surface area contributed by atoms with Crippen molar-refractivity contribution >= 4 is 17.9 Å². The van der Waals surface area contributed by atoms with Crippen molar-refractivity contribution in [3.05, 3.63) is 109 Å². The molecule has 1 unspecified atom stereocenters. The minimum Gasteiger partial charge on any atom is -0.462 e. The average Bonchev–Trinajstić information content (AvgIpc) is 3.38. The summed E-state index contributed by atoms with van der Waals surface area (Å²) in [6, 6.07) is 0. The molecule has 1 atom stereocenters. The summed E-state index contributed by atoms with van der Waals surface area (Å²) in [5.74, 6) is -0.918. The molecule has 6 nitrogen and oxygen atoms in total. The van der Waals surface area contributed by atoms with Crippen LogP contribution < -0.4 is 0 Å². The highest BCUT2D eigenvalue weighted by atomic mass is 16.6.